The molecule has 0 aliphatic heterocycles. The van der Waals surface area contributed by atoms with E-state index in [0.29, 0.717) is 18.9 Å². The molecular weight excluding hydrogens is 315 g/mol. The van der Waals surface area contributed by atoms with E-state index in [-0.39, 0.29) is 11.7 Å². The molecule has 0 spiro atoms. The predicted octanol–water partition coefficient (Wildman–Crippen LogP) is 3.58. The largest absolute Gasteiger partial charge is 0.494 e. The van der Waals surface area contributed by atoms with Crippen molar-refractivity contribution >= 4 is 23.3 Å². The fourth-order valence-corrected chi connectivity index (χ4v) is 2.42. The van der Waals surface area contributed by atoms with E-state index in [4.69, 9.17) is 4.74 Å². The SMILES string of the molecule is Cc1nc(/C=C/C(=O)NCCCCOc2ccc(F)cc2)cs1. The highest BCUT2D eigenvalue weighted by molar-refractivity contribution is 7.09. The third-order valence-electron chi connectivity index (χ3n) is 2.99. The maximum absolute atomic E-state index is 12.7. The van der Waals surface area contributed by atoms with E-state index in [1.54, 1.807) is 29.5 Å². The van der Waals surface area contributed by atoms with Crippen molar-refractivity contribution in [2.24, 2.45) is 0 Å². The summed E-state index contributed by atoms with van der Waals surface area (Å²) in [7, 11) is 0. The molecule has 0 bridgehead atoms. The van der Waals surface area contributed by atoms with Crippen LogP contribution in [0.5, 0.6) is 5.75 Å². The second-order valence-electron chi connectivity index (χ2n) is 4.93. The van der Waals surface area contributed by atoms with Crippen LogP contribution < -0.4 is 10.1 Å². The Kier molecular flexibility index (Phi) is 6.75. The quantitative estimate of drug-likeness (QED) is 0.593. The minimum Gasteiger partial charge on any atom is -0.494 e. The number of rotatable bonds is 8. The van der Waals surface area contributed by atoms with Gasteiger partial charge in [0.15, 0.2) is 0 Å². The van der Waals surface area contributed by atoms with Crippen LogP contribution in [-0.2, 0) is 4.79 Å². The Morgan fingerprint density at radius 3 is 2.83 bits per heavy atom. The van der Waals surface area contributed by atoms with Gasteiger partial charge in [-0.05, 0) is 50.1 Å². The van der Waals surface area contributed by atoms with Crippen molar-refractivity contribution in [2.75, 3.05) is 13.2 Å². The highest BCUT2D eigenvalue weighted by Crippen LogP contribution is 2.11. The van der Waals surface area contributed by atoms with Crippen LogP contribution in [0.4, 0.5) is 4.39 Å². The number of thiazole rings is 1. The van der Waals surface area contributed by atoms with E-state index in [1.165, 1.54) is 18.2 Å². The Labute approximate surface area is 139 Å². The summed E-state index contributed by atoms with van der Waals surface area (Å²) in [6.45, 7) is 3.05. The van der Waals surface area contributed by atoms with Crippen LogP contribution in [0.1, 0.15) is 23.5 Å². The zero-order valence-electron chi connectivity index (χ0n) is 12.9. The number of aromatic nitrogens is 1. The predicted molar refractivity (Wildman–Crippen MR) is 90.0 cm³/mol. The number of aryl methyl sites for hydroxylation is 1. The lowest BCUT2D eigenvalue weighted by atomic mass is 10.3. The molecule has 122 valence electrons. The van der Waals surface area contributed by atoms with Crippen LogP contribution in [0.2, 0.25) is 0 Å². The zero-order chi connectivity index (χ0) is 16.5. The van der Waals surface area contributed by atoms with Gasteiger partial charge in [0.2, 0.25) is 5.91 Å². The van der Waals surface area contributed by atoms with Crippen LogP contribution in [0.15, 0.2) is 35.7 Å². The fraction of sp³-hybridized carbons (Fsp3) is 0.294. The van der Waals surface area contributed by atoms with Crippen LogP contribution in [0.25, 0.3) is 6.08 Å². The number of hydrogen-bond acceptors (Lipinski definition) is 4. The zero-order valence-corrected chi connectivity index (χ0v) is 13.7. The minimum absolute atomic E-state index is 0.130. The molecular formula is C17H19FN2O2S. The molecule has 1 N–H and O–H groups in total. The normalized spacial score (nSPS) is 10.9. The maximum Gasteiger partial charge on any atom is 0.244 e. The van der Waals surface area contributed by atoms with E-state index < -0.39 is 0 Å². The molecule has 0 fully saturated rings. The van der Waals surface area contributed by atoms with Gasteiger partial charge >= 0.3 is 0 Å². The van der Waals surface area contributed by atoms with Crippen LogP contribution >= 0.6 is 11.3 Å². The number of amides is 1. The summed E-state index contributed by atoms with van der Waals surface area (Å²) in [5.41, 5.74) is 0.801. The molecule has 2 aromatic rings. The van der Waals surface area contributed by atoms with E-state index in [1.807, 2.05) is 12.3 Å². The van der Waals surface area contributed by atoms with Crippen molar-refractivity contribution in [1.82, 2.24) is 10.3 Å². The topological polar surface area (TPSA) is 51.2 Å². The van der Waals surface area contributed by atoms with Gasteiger partial charge in [-0.1, -0.05) is 0 Å². The van der Waals surface area contributed by atoms with Gasteiger partial charge < -0.3 is 10.1 Å². The van der Waals surface area contributed by atoms with Gasteiger partial charge in [-0.25, -0.2) is 9.37 Å². The second kappa shape index (κ2) is 9.05. The number of carbonyl (C=O) groups is 1. The van der Waals surface area contributed by atoms with Crippen molar-refractivity contribution in [3.63, 3.8) is 0 Å². The Morgan fingerprint density at radius 2 is 2.13 bits per heavy atom. The maximum atomic E-state index is 12.7. The van der Waals surface area contributed by atoms with Gasteiger partial charge in [-0.15, -0.1) is 11.3 Å². The smallest absolute Gasteiger partial charge is 0.244 e. The third-order valence-corrected chi connectivity index (χ3v) is 3.79. The molecule has 1 aromatic heterocycles. The number of nitrogens with zero attached hydrogens (tertiary/aromatic N) is 1. The van der Waals surface area contributed by atoms with E-state index in [0.717, 1.165) is 23.5 Å². The molecule has 0 radical (unpaired) electrons. The van der Waals surface area contributed by atoms with Crippen molar-refractivity contribution in [2.45, 2.75) is 19.8 Å². The number of unbranched alkanes of at least 4 members (excludes halogenated alkanes) is 1. The number of nitrogens with one attached hydrogen (secondary N) is 1. The van der Waals surface area contributed by atoms with Gasteiger partial charge in [0.25, 0.3) is 0 Å². The van der Waals surface area contributed by atoms with Gasteiger partial charge in [-0.3, -0.25) is 4.79 Å². The first-order valence-corrected chi connectivity index (χ1v) is 8.28. The highest BCUT2D eigenvalue weighted by atomic mass is 32.1. The summed E-state index contributed by atoms with van der Waals surface area (Å²) in [6, 6.07) is 5.93. The Balaban J connectivity index is 1.55. The van der Waals surface area contributed by atoms with Crippen molar-refractivity contribution in [3.8, 4) is 5.75 Å². The first kappa shape index (κ1) is 17.1. The lowest BCUT2D eigenvalue weighted by Crippen LogP contribution is -2.22. The molecule has 2 rings (SSSR count). The standard InChI is InChI=1S/C17H19FN2O2S/c1-13-20-15(12-23-13)6-9-17(21)19-10-2-3-11-22-16-7-4-14(18)5-8-16/h4-9,12H,2-3,10-11H2,1H3,(H,19,21)/b9-6+. The molecule has 6 heteroatoms. The molecule has 23 heavy (non-hydrogen) atoms. The highest BCUT2D eigenvalue weighted by Gasteiger charge is 1.98. The van der Waals surface area contributed by atoms with Gasteiger partial charge in [0, 0.05) is 18.0 Å². The Bertz CT molecular complexity index is 653. The Morgan fingerprint density at radius 1 is 1.35 bits per heavy atom. The molecule has 1 amide bonds. The summed E-state index contributed by atoms with van der Waals surface area (Å²) in [5, 5.41) is 5.70. The molecule has 1 aromatic carbocycles. The van der Waals surface area contributed by atoms with Crippen molar-refractivity contribution in [1.29, 1.82) is 0 Å². The fourth-order valence-electron chi connectivity index (χ4n) is 1.84. The number of hydrogen-bond donors (Lipinski definition) is 1. The lowest BCUT2D eigenvalue weighted by molar-refractivity contribution is -0.116. The number of benzene rings is 1. The van der Waals surface area contributed by atoms with Crippen molar-refractivity contribution in [3.05, 3.63) is 52.2 Å². The first-order chi connectivity index (χ1) is 11.1. The van der Waals surface area contributed by atoms with E-state index >= 15 is 0 Å². The molecule has 1 heterocycles. The van der Waals surface area contributed by atoms with Gasteiger partial charge in [0.1, 0.15) is 11.6 Å². The third kappa shape index (κ3) is 6.61. The minimum atomic E-state index is -0.277. The Hall–Kier alpha value is -2.21. The summed E-state index contributed by atoms with van der Waals surface area (Å²) in [4.78, 5) is 15.9. The number of carbonyl (C=O) groups excluding carboxylic acids is 1. The van der Waals surface area contributed by atoms with E-state index in [9.17, 15) is 9.18 Å². The van der Waals surface area contributed by atoms with Gasteiger partial charge in [-0.2, -0.15) is 0 Å². The first-order valence-electron chi connectivity index (χ1n) is 7.40. The van der Waals surface area contributed by atoms with Crippen LogP contribution in [-0.4, -0.2) is 24.0 Å². The van der Waals surface area contributed by atoms with Crippen LogP contribution in [0.3, 0.4) is 0 Å². The summed E-state index contributed by atoms with van der Waals surface area (Å²) < 4.78 is 18.2. The monoisotopic (exact) mass is 334 g/mol. The average Bonchev–Trinajstić information content (AvgIpc) is 2.96. The molecule has 0 saturated heterocycles. The van der Waals surface area contributed by atoms with E-state index in [2.05, 4.69) is 10.3 Å². The summed E-state index contributed by atoms with van der Waals surface area (Å²) in [5.74, 6) is 0.243. The molecule has 4 nitrogen and oxygen atoms in total. The summed E-state index contributed by atoms with van der Waals surface area (Å²) >= 11 is 1.55. The van der Waals surface area contributed by atoms with Crippen LogP contribution in [0, 0.1) is 12.7 Å². The summed E-state index contributed by atoms with van der Waals surface area (Å²) in [6.07, 6.45) is 4.82. The average molecular weight is 334 g/mol. The molecule has 0 atom stereocenters. The lowest BCUT2D eigenvalue weighted by Gasteiger charge is -2.06. The number of ether oxygens (including phenoxy) is 1. The molecule has 0 unspecified atom stereocenters. The van der Waals surface area contributed by atoms with Gasteiger partial charge in [0.05, 0.1) is 17.3 Å². The number of halogens is 1. The van der Waals surface area contributed by atoms with Crippen molar-refractivity contribution < 1.29 is 13.9 Å². The molecule has 0 aliphatic rings. The molecule has 0 saturated carbocycles. The molecule has 0 aliphatic carbocycles. The second-order valence-corrected chi connectivity index (χ2v) is 5.99.